The van der Waals surface area contributed by atoms with E-state index in [4.69, 9.17) is 9.47 Å². The largest absolute Gasteiger partial charge is 0.490 e. The lowest BCUT2D eigenvalue weighted by Gasteiger charge is -2.17. The van der Waals surface area contributed by atoms with E-state index in [1.165, 1.54) is 11.1 Å². The molecular weight excluding hydrogens is 318 g/mol. The Morgan fingerprint density at radius 1 is 1.45 bits per heavy atom. The van der Waals surface area contributed by atoms with Gasteiger partial charge < -0.3 is 14.8 Å². The first-order chi connectivity index (χ1) is 9.70. The highest BCUT2D eigenvalue weighted by molar-refractivity contribution is 9.10. The number of aryl methyl sites for hydroxylation is 1. The fourth-order valence-corrected chi connectivity index (χ4v) is 3.11. The smallest absolute Gasteiger partial charge is 0.126 e. The molecule has 1 aromatic carbocycles. The fraction of sp³-hybridized carbons (Fsp3) is 0.625. The molecule has 3 nitrogen and oxygen atoms in total. The third-order valence-corrected chi connectivity index (χ3v) is 3.95. The molecule has 0 aromatic heterocycles. The Hall–Kier alpha value is -0.580. The van der Waals surface area contributed by atoms with Crippen molar-refractivity contribution < 1.29 is 9.47 Å². The number of hydrogen-bond acceptors (Lipinski definition) is 3. The van der Waals surface area contributed by atoms with Crippen molar-refractivity contribution in [3.8, 4) is 5.75 Å². The summed E-state index contributed by atoms with van der Waals surface area (Å²) in [6.07, 6.45) is 3.66. The summed E-state index contributed by atoms with van der Waals surface area (Å²) in [5, 5.41) is 3.44. The highest BCUT2D eigenvalue weighted by Crippen LogP contribution is 2.29. The molecule has 0 aliphatic carbocycles. The van der Waals surface area contributed by atoms with Crippen LogP contribution in [0.5, 0.6) is 5.75 Å². The minimum absolute atomic E-state index is 0.259. The van der Waals surface area contributed by atoms with Crippen molar-refractivity contribution in [3.05, 3.63) is 27.7 Å². The van der Waals surface area contributed by atoms with Gasteiger partial charge in [-0.2, -0.15) is 0 Å². The zero-order chi connectivity index (χ0) is 14.4. The summed E-state index contributed by atoms with van der Waals surface area (Å²) in [5.41, 5.74) is 2.38. The van der Waals surface area contributed by atoms with Crippen LogP contribution in [-0.4, -0.2) is 25.9 Å². The van der Waals surface area contributed by atoms with Gasteiger partial charge in [0.2, 0.25) is 0 Å². The van der Waals surface area contributed by atoms with Gasteiger partial charge in [-0.3, -0.25) is 0 Å². The van der Waals surface area contributed by atoms with E-state index in [9.17, 15) is 0 Å². The zero-order valence-corrected chi connectivity index (χ0v) is 14.0. The van der Waals surface area contributed by atoms with Crippen molar-refractivity contribution >= 4 is 15.9 Å². The van der Waals surface area contributed by atoms with E-state index in [0.717, 1.165) is 49.2 Å². The normalized spacial score (nSPS) is 18.4. The third-order valence-electron chi connectivity index (χ3n) is 3.50. The summed E-state index contributed by atoms with van der Waals surface area (Å²) in [4.78, 5) is 0. The number of ether oxygens (including phenoxy) is 2. The first kappa shape index (κ1) is 15.8. The Morgan fingerprint density at radius 2 is 2.30 bits per heavy atom. The van der Waals surface area contributed by atoms with Crippen LogP contribution in [0.15, 0.2) is 16.6 Å². The first-order valence-corrected chi connectivity index (χ1v) is 8.24. The van der Waals surface area contributed by atoms with Crippen LogP contribution in [0.25, 0.3) is 0 Å². The maximum Gasteiger partial charge on any atom is 0.126 e. The quantitative estimate of drug-likeness (QED) is 0.765. The molecule has 2 rings (SSSR count). The second-order valence-electron chi connectivity index (χ2n) is 5.33. The summed E-state index contributed by atoms with van der Waals surface area (Å²) < 4.78 is 12.8. The highest BCUT2D eigenvalue weighted by Gasteiger charge is 2.17. The van der Waals surface area contributed by atoms with Crippen LogP contribution in [0.3, 0.4) is 0 Å². The first-order valence-electron chi connectivity index (χ1n) is 7.45. The molecule has 0 amide bonds. The topological polar surface area (TPSA) is 30.5 Å². The Labute approximate surface area is 130 Å². The van der Waals surface area contributed by atoms with E-state index in [-0.39, 0.29) is 6.10 Å². The van der Waals surface area contributed by atoms with Crippen molar-refractivity contribution in [2.75, 3.05) is 19.8 Å². The average molecular weight is 342 g/mol. The number of rotatable bonds is 7. The van der Waals surface area contributed by atoms with E-state index in [2.05, 4.69) is 47.2 Å². The molecule has 0 radical (unpaired) electrons. The molecule has 4 heteroatoms. The van der Waals surface area contributed by atoms with E-state index >= 15 is 0 Å². The van der Waals surface area contributed by atoms with Crippen LogP contribution in [0.2, 0.25) is 0 Å². The number of nitrogens with one attached hydrogen (secondary N) is 1. The van der Waals surface area contributed by atoms with Crippen LogP contribution in [0.1, 0.15) is 37.3 Å². The molecule has 1 fully saturated rings. The predicted octanol–water partition coefficient (Wildman–Crippen LogP) is 3.81. The Kier molecular flexibility index (Phi) is 6.33. The summed E-state index contributed by atoms with van der Waals surface area (Å²) in [7, 11) is 0. The molecule has 1 aliphatic rings. The van der Waals surface area contributed by atoms with Gasteiger partial charge in [0, 0.05) is 23.2 Å². The minimum atomic E-state index is 0.259. The minimum Gasteiger partial charge on any atom is -0.490 e. The molecular formula is C16H24BrNO2. The molecule has 1 aliphatic heterocycles. The van der Waals surface area contributed by atoms with Crippen LogP contribution in [-0.2, 0) is 11.3 Å². The number of halogens is 1. The van der Waals surface area contributed by atoms with E-state index < -0.39 is 0 Å². The SMILES string of the molecule is CCCNCc1cc(Br)cc(C)c1OCC1CCCO1. The molecule has 0 saturated carbocycles. The van der Waals surface area contributed by atoms with Crippen molar-refractivity contribution in [1.29, 1.82) is 0 Å². The second kappa shape index (κ2) is 8.01. The molecule has 20 heavy (non-hydrogen) atoms. The second-order valence-corrected chi connectivity index (χ2v) is 6.25. The predicted molar refractivity (Wildman–Crippen MR) is 85.3 cm³/mol. The molecule has 0 spiro atoms. The standard InChI is InChI=1S/C16H24BrNO2/c1-3-6-18-10-13-9-14(17)8-12(2)16(13)20-11-15-5-4-7-19-15/h8-9,15,18H,3-7,10-11H2,1-2H3. The number of benzene rings is 1. The molecule has 1 atom stereocenters. The van der Waals surface area contributed by atoms with Gasteiger partial charge in [0.15, 0.2) is 0 Å². The van der Waals surface area contributed by atoms with Crippen molar-refractivity contribution in [2.24, 2.45) is 0 Å². The van der Waals surface area contributed by atoms with Gasteiger partial charge in [-0.1, -0.05) is 22.9 Å². The van der Waals surface area contributed by atoms with E-state index in [1.54, 1.807) is 0 Å². The van der Waals surface area contributed by atoms with Gasteiger partial charge in [-0.05, 0) is 50.4 Å². The van der Waals surface area contributed by atoms with Crippen LogP contribution in [0.4, 0.5) is 0 Å². The zero-order valence-electron chi connectivity index (χ0n) is 12.4. The Morgan fingerprint density at radius 3 is 3.00 bits per heavy atom. The van der Waals surface area contributed by atoms with Crippen molar-refractivity contribution in [2.45, 2.75) is 45.8 Å². The van der Waals surface area contributed by atoms with E-state index in [1.807, 2.05) is 0 Å². The van der Waals surface area contributed by atoms with E-state index in [0.29, 0.717) is 6.61 Å². The maximum atomic E-state index is 6.05. The van der Waals surface area contributed by atoms with Crippen LogP contribution >= 0.6 is 15.9 Å². The highest BCUT2D eigenvalue weighted by atomic mass is 79.9. The maximum absolute atomic E-state index is 6.05. The monoisotopic (exact) mass is 341 g/mol. The molecule has 1 aromatic rings. The molecule has 1 N–H and O–H groups in total. The van der Waals surface area contributed by atoms with Crippen molar-refractivity contribution in [1.82, 2.24) is 5.32 Å². The van der Waals surface area contributed by atoms with Gasteiger partial charge in [-0.15, -0.1) is 0 Å². The summed E-state index contributed by atoms with van der Waals surface area (Å²) in [6, 6.07) is 4.24. The fourth-order valence-electron chi connectivity index (χ4n) is 2.49. The molecule has 1 heterocycles. The van der Waals surface area contributed by atoms with Gasteiger partial charge in [0.1, 0.15) is 12.4 Å². The Bertz CT molecular complexity index is 431. The summed E-state index contributed by atoms with van der Waals surface area (Å²) in [6.45, 7) is 7.67. The van der Waals surface area contributed by atoms with Gasteiger partial charge >= 0.3 is 0 Å². The summed E-state index contributed by atoms with van der Waals surface area (Å²) in [5.74, 6) is 1.01. The van der Waals surface area contributed by atoms with Crippen LogP contribution in [0, 0.1) is 6.92 Å². The lowest BCUT2D eigenvalue weighted by molar-refractivity contribution is 0.0673. The number of hydrogen-bond donors (Lipinski definition) is 1. The lowest BCUT2D eigenvalue weighted by Crippen LogP contribution is -2.19. The average Bonchev–Trinajstić information content (AvgIpc) is 2.91. The third kappa shape index (κ3) is 4.47. The van der Waals surface area contributed by atoms with Crippen LogP contribution < -0.4 is 10.1 Å². The molecule has 1 unspecified atom stereocenters. The Balaban J connectivity index is 2.03. The van der Waals surface area contributed by atoms with Gasteiger partial charge in [0.25, 0.3) is 0 Å². The molecule has 0 bridgehead atoms. The molecule has 112 valence electrons. The van der Waals surface area contributed by atoms with Gasteiger partial charge in [0.05, 0.1) is 6.10 Å². The summed E-state index contributed by atoms with van der Waals surface area (Å²) >= 11 is 3.57. The van der Waals surface area contributed by atoms with Gasteiger partial charge in [-0.25, -0.2) is 0 Å². The molecule has 1 saturated heterocycles. The lowest BCUT2D eigenvalue weighted by atomic mass is 10.1. The van der Waals surface area contributed by atoms with Crippen molar-refractivity contribution in [3.63, 3.8) is 0 Å².